The van der Waals surface area contributed by atoms with Crippen molar-refractivity contribution >= 4 is 15.7 Å². The van der Waals surface area contributed by atoms with Crippen LogP contribution < -0.4 is 0 Å². The number of carbonyl (C=O) groups is 1. The first-order valence-corrected chi connectivity index (χ1v) is 9.06. The van der Waals surface area contributed by atoms with Crippen molar-refractivity contribution in [2.24, 2.45) is 5.92 Å². The van der Waals surface area contributed by atoms with Gasteiger partial charge in [0.1, 0.15) is 0 Å². The van der Waals surface area contributed by atoms with Crippen molar-refractivity contribution < 1.29 is 23.4 Å². The summed E-state index contributed by atoms with van der Waals surface area (Å²) in [5.41, 5.74) is 0. The second-order valence-corrected chi connectivity index (χ2v) is 7.96. The minimum atomic E-state index is -3.30. The van der Waals surface area contributed by atoms with E-state index in [1.165, 1.54) is 4.90 Å². The van der Waals surface area contributed by atoms with Gasteiger partial charge in [-0.05, 0) is 12.8 Å². The molecule has 7 heteroatoms. The lowest BCUT2D eigenvalue weighted by Crippen LogP contribution is -2.50. The number of sulfone groups is 1. The fourth-order valence-corrected chi connectivity index (χ4v) is 5.04. The first-order chi connectivity index (χ1) is 9.44. The molecule has 2 unspecified atom stereocenters. The summed E-state index contributed by atoms with van der Waals surface area (Å²) in [6.45, 7) is -0.131. The van der Waals surface area contributed by atoms with E-state index in [1.807, 2.05) is 0 Å². The summed E-state index contributed by atoms with van der Waals surface area (Å²) in [7, 11) is -3.30. The Morgan fingerprint density at radius 2 is 1.80 bits per heavy atom. The predicted molar refractivity (Wildman–Crippen MR) is 73.8 cm³/mol. The molecule has 1 heterocycles. The normalized spacial score (nSPS) is 30.3. The Balaban J connectivity index is 2.11. The third kappa shape index (κ3) is 3.51. The van der Waals surface area contributed by atoms with Crippen molar-refractivity contribution in [2.75, 3.05) is 24.7 Å². The number of hydrogen-bond donors (Lipinski definition) is 2. The Labute approximate surface area is 119 Å². The SMILES string of the molecule is O=C(C1CCCCC1)N(CCO)C1CS(=O)(=O)CC1O. The van der Waals surface area contributed by atoms with Crippen LogP contribution in [-0.2, 0) is 14.6 Å². The number of aliphatic hydroxyl groups is 2. The molecule has 1 saturated heterocycles. The quantitative estimate of drug-likeness (QED) is 0.733. The molecule has 0 aromatic rings. The molecule has 2 atom stereocenters. The second-order valence-electron chi connectivity index (χ2n) is 5.80. The molecule has 1 aliphatic carbocycles. The van der Waals surface area contributed by atoms with E-state index in [9.17, 15) is 18.3 Å². The van der Waals surface area contributed by atoms with Crippen LogP contribution in [0.1, 0.15) is 32.1 Å². The smallest absolute Gasteiger partial charge is 0.226 e. The second kappa shape index (κ2) is 6.41. The molecule has 2 rings (SSSR count). The molecule has 20 heavy (non-hydrogen) atoms. The third-order valence-corrected chi connectivity index (χ3v) is 5.97. The largest absolute Gasteiger partial charge is 0.395 e. The molecule has 1 aliphatic heterocycles. The highest BCUT2D eigenvalue weighted by molar-refractivity contribution is 7.91. The molecular weight excluding hydrogens is 282 g/mol. The van der Waals surface area contributed by atoms with E-state index in [2.05, 4.69) is 0 Å². The van der Waals surface area contributed by atoms with Gasteiger partial charge >= 0.3 is 0 Å². The van der Waals surface area contributed by atoms with E-state index in [-0.39, 0.29) is 36.5 Å². The zero-order chi connectivity index (χ0) is 14.8. The van der Waals surface area contributed by atoms with Gasteiger partial charge in [-0.2, -0.15) is 0 Å². The zero-order valence-electron chi connectivity index (χ0n) is 11.6. The van der Waals surface area contributed by atoms with E-state index in [4.69, 9.17) is 5.11 Å². The van der Waals surface area contributed by atoms with Crippen LogP contribution in [0, 0.1) is 5.92 Å². The topological polar surface area (TPSA) is 94.9 Å². The summed E-state index contributed by atoms with van der Waals surface area (Å²) in [5.74, 6) is -0.699. The summed E-state index contributed by atoms with van der Waals surface area (Å²) in [5, 5.41) is 19.0. The average molecular weight is 305 g/mol. The minimum Gasteiger partial charge on any atom is -0.395 e. The lowest BCUT2D eigenvalue weighted by atomic mass is 9.88. The molecule has 0 radical (unpaired) electrons. The lowest BCUT2D eigenvalue weighted by Gasteiger charge is -2.34. The first kappa shape index (κ1) is 15.7. The van der Waals surface area contributed by atoms with Gasteiger partial charge in [-0.25, -0.2) is 8.42 Å². The Bertz CT molecular complexity index is 444. The van der Waals surface area contributed by atoms with Gasteiger partial charge < -0.3 is 15.1 Å². The maximum atomic E-state index is 12.5. The number of carbonyl (C=O) groups excluding carboxylic acids is 1. The number of nitrogens with zero attached hydrogens (tertiary/aromatic N) is 1. The molecule has 0 aromatic carbocycles. The summed E-state index contributed by atoms with van der Waals surface area (Å²) in [4.78, 5) is 13.9. The number of rotatable bonds is 4. The van der Waals surface area contributed by atoms with Gasteiger partial charge in [-0.1, -0.05) is 19.3 Å². The third-order valence-electron chi connectivity index (χ3n) is 4.27. The number of amides is 1. The van der Waals surface area contributed by atoms with Gasteiger partial charge in [-0.3, -0.25) is 4.79 Å². The first-order valence-electron chi connectivity index (χ1n) is 7.24. The van der Waals surface area contributed by atoms with E-state index < -0.39 is 22.0 Å². The van der Waals surface area contributed by atoms with Crippen LogP contribution in [0.3, 0.4) is 0 Å². The van der Waals surface area contributed by atoms with Crippen molar-refractivity contribution in [3.63, 3.8) is 0 Å². The summed E-state index contributed by atoms with van der Waals surface area (Å²) >= 11 is 0. The van der Waals surface area contributed by atoms with Crippen LogP contribution in [0.5, 0.6) is 0 Å². The van der Waals surface area contributed by atoms with E-state index in [0.29, 0.717) is 0 Å². The maximum Gasteiger partial charge on any atom is 0.226 e. The monoisotopic (exact) mass is 305 g/mol. The maximum absolute atomic E-state index is 12.5. The van der Waals surface area contributed by atoms with Crippen molar-refractivity contribution in [1.29, 1.82) is 0 Å². The molecule has 0 bridgehead atoms. The fraction of sp³-hybridized carbons (Fsp3) is 0.923. The van der Waals surface area contributed by atoms with E-state index in [0.717, 1.165) is 32.1 Å². The van der Waals surface area contributed by atoms with E-state index in [1.54, 1.807) is 0 Å². The zero-order valence-corrected chi connectivity index (χ0v) is 12.4. The van der Waals surface area contributed by atoms with Gasteiger partial charge in [0.2, 0.25) is 5.91 Å². The van der Waals surface area contributed by atoms with Crippen LogP contribution in [0.25, 0.3) is 0 Å². The van der Waals surface area contributed by atoms with Crippen molar-refractivity contribution in [2.45, 2.75) is 44.2 Å². The molecule has 2 aliphatic rings. The molecule has 116 valence electrons. The minimum absolute atomic E-state index is 0.0899. The number of hydrogen-bond acceptors (Lipinski definition) is 5. The highest BCUT2D eigenvalue weighted by Gasteiger charge is 2.42. The lowest BCUT2D eigenvalue weighted by molar-refractivity contribution is -0.141. The fourth-order valence-electron chi connectivity index (χ4n) is 3.24. The highest BCUT2D eigenvalue weighted by Crippen LogP contribution is 2.28. The van der Waals surface area contributed by atoms with Crippen LogP contribution in [0.4, 0.5) is 0 Å². The van der Waals surface area contributed by atoms with Crippen LogP contribution in [-0.4, -0.2) is 66.2 Å². The number of aliphatic hydroxyl groups excluding tert-OH is 2. The van der Waals surface area contributed by atoms with Crippen molar-refractivity contribution in [3.05, 3.63) is 0 Å². The van der Waals surface area contributed by atoms with Crippen molar-refractivity contribution in [1.82, 2.24) is 4.90 Å². The molecule has 1 amide bonds. The highest BCUT2D eigenvalue weighted by atomic mass is 32.2. The Hall–Kier alpha value is -0.660. The molecular formula is C13H23NO5S. The summed E-state index contributed by atoms with van der Waals surface area (Å²) in [6, 6.07) is -0.707. The van der Waals surface area contributed by atoms with Gasteiger partial charge in [0.25, 0.3) is 0 Å². The van der Waals surface area contributed by atoms with Gasteiger partial charge in [0, 0.05) is 12.5 Å². The molecule has 2 fully saturated rings. The molecule has 2 N–H and O–H groups in total. The van der Waals surface area contributed by atoms with Crippen molar-refractivity contribution in [3.8, 4) is 0 Å². The standard InChI is InChI=1S/C13H23NO5S/c15-7-6-14(11-8-20(18,19)9-12(11)16)13(17)10-4-2-1-3-5-10/h10-12,15-16H,1-9H2. The summed E-state index contributed by atoms with van der Waals surface area (Å²) < 4.78 is 23.2. The predicted octanol–water partition coefficient (Wildman–Crippen LogP) is -0.454. The average Bonchev–Trinajstić information content (AvgIpc) is 2.69. The van der Waals surface area contributed by atoms with Crippen LogP contribution >= 0.6 is 0 Å². The Morgan fingerprint density at radius 3 is 2.30 bits per heavy atom. The molecule has 1 saturated carbocycles. The van der Waals surface area contributed by atoms with Crippen LogP contribution in [0.2, 0.25) is 0 Å². The molecule has 0 spiro atoms. The van der Waals surface area contributed by atoms with Gasteiger partial charge in [-0.15, -0.1) is 0 Å². The molecule has 0 aromatic heterocycles. The van der Waals surface area contributed by atoms with E-state index >= 15 is 0 Å². The summed E-state index contributed by atoms with van der Waals surface area (Å²) in [6.07, 6.45) is 3.74. The Morgan fingerprint density at radius 1 is 1.15 bits per heavy atom. The van der Waals surface area contributed by atoms with Crippen LogP contribution in [0.15, 0.2) is 0 Å². The molecule has 6 nitrogen and oxygen atoms in total. The van der Waals surface area contributed by atoms with Gasteiger partial charge in [0.15, 0.2) is 9.84 Å². The Kier molecular flexibility index (Phi) is 5.04. The van der Waals surface area contributed by atoms with Gasteiger partial charge in [0.05, 0.1) is 30.3 Å².